The van der Waals surface area contributed by atoms with Crippen LogP contribution in [0.5, 0.6) is 17.2 Å². The molecule has 3 aromatic rings. The summed E-state index contributed by atoms with van der Waals surface area (Å²) >= 11 is 3.57. The van der Waals surface area contributed by atoms with Crippen molar-refractivity contribution in [1.82, 2.24) is 5.32 Å². The number of nitrogens with one attached hydrogen (secondary N) is 1. The normalized spacial score (nSPS) is 11.7. The van der Waals surface area contributed by atoms with E-state index in [-0.39, 0.29) is 18.6 Å². The van der Waals surface area contributed by atoms with E-state index in [1.165, 1.54) is 0 Å². The first-order valence-electron chi connectivity index (χ1n) is 8.84. The Kier molecular flexibility index (Phi) is 6.41. The van der Waals surface area contributed by atoms with Gasteiger partial charge in [0.05, 0.1) is 24.7 Å². The number of hydrogen-bond donors (Lipinski definition) is 1. The predicted octanol–water partition coefficient (Wildman–Crippen LogP) is 4.88. The fourth-order valence-electron chi connectivity index (χ4n) is 2.96. The van der Waals surface area contributed by atoms with E-state index in [1.807, 2.05) is 61.5 Å². The van der Waals surface area contributed by atoms with Crippen molar-refractivity contribution in [2.45, 2.75) is 13.0 Å². The largest absolute Gasteiger partial charge is 0.493 e. The predicted molar refractivity (Wildman–Crippen MR) is 113 cm³/mol. The van der Waals surface area contributed by atoms with Crippen LogP contribution in [-0.2, 0) is 4.79 Å². The van der Waals surface area contributed by atoms with E-state index < -0.39 is 0 Å². The lowest BCUT2D eigenvalue weighted by molar-refractivity contribution is -0.123. The van der Waals surface area contributed by atoms with Gasteiger partial charge in [-0.3, -0.25) is 4.79 Å². The Morgan fingerprint density at radius 3 is 2.46 bits per heavy atom. The SMILES string of the molecule is COc1ccc([C@H](C)NC(=O)COc2ccc3ccccc3c2Br)cc1OC. The molecule has 0 saturated heterocycles. The maximum absolute atomic E-state index is 12.3. The first kappa shape index (κ1) is 20.0. The van der Waals surface area contributed by atoms with Crippen LogP contribution in [0.15, 0.2) is 59.1 Å². The molecule has 0 aliphatic rings. The van der Waals surface area contributed by atoms with Crippen LogP contribution in [0.3, 0.4) is 0 Å². The van der Waals surface area contributed by atoms with Gasteiger partial charge in [0.1, 0.15) is 5.75 Å². The molecule has 146 valence electrons. The van der Waals surface area contributed by atoms with Crippen LogP contribution < -0.4 is 19.5 Å². The molecule has 0 aliphatic heterocycles. The third kappa shape index (κ3) is 4.39. The van der Waals surface area contributed by atoms with Crippen LogP contribution in [0.2, 0.25) is 0 Å². The summed E-state index contributed by atoms with van der Waals surface area (Å²) in [6, 6.07) is 17.2. The number of ether oxygens (including phenoxy) is 3. The highest BCUT2D eigenvalue weighted by atomic mass is 79.9. The van der Waals surface area contributed by atoms with Crippen molar-refractivity contribution in [3.05, 3.63) is 64.6 Å². The standard InChI is InChI=1S/C22H22BrNO4/c1-14(16-9-10-18(26-2)20(12-16)27-3)24-21(25)13-28-19-11-8-15-6-4-5-7-17(15)22(19)23/h4-12,14H,13H2,1-3H3,(H,24,25)/t14-/m0/s1. The Labute approximate surface area is 172 Å². The van der Waals surface area contributed by atoms with Gasteiger partial charge in [-0.15, -0.1) is 0 Å². The smallest absolute Gasteiger partial charge is 0.258 e. The highest BCUT2D eigenvalue weighted by Gasteiger charge is 2.14. The van der Waals surface area contributed by atoms with E-state index in [4.69, 9.17) is 14.2 Å². The summed E-state index contributed by atoms with van der Waals surface area (Å²) < 4.78 is 17.1. The van der Waals surface area contributed by atoms with Crippen LogP contribution >= 0.6 is 15.9 Å². The number of amides is 1. The first-order chi connectivity index (χ1) is 13.5. The Hall–Kier alpha value is -2.73. The van der Waals surface area contributed by atoms with Crippen LogP contribution in [0.1, 0.15) is 18.5 Å². The van der Waals surface area contributed by atoms with E-state index in [9.17, 15) is 4.79 Å². The third-order valence-electron chi connectivity index (χ3n) is 4.47. The van der Waals surface area contributed by atoms with Gasteiger partial charge in [-0.25, -0.2) is 0 Å². The molecule has 0 spiro atoms. The second kappa shape index (κ2) is 8.97. The van der Waals surface area contributed by atoms with E-state index in [1.54, 1.807) is 14.2 Å². The van der Waals surface area contributed by atoms with Crippen molar-refractivity contribution in [3.63, 3.8) is 0 Å². The minimum absolute atomic E-state index is 0.0748. The average molecular weight is 444 g/mol. The zero-order valence-corrected chi connectivity index (χ0v) is 17.6. The Bertz CT molecular complexity index is 989. The van der Waals surface area contributed by atoms with Crippen molar-refractivity contribution in [3.8, 4) is 17.2 Å². The average Bonchev–Trinajstić information content (AvgIpc) is 2.72. The maximum atomic E-state index is 12.3. The molecule has 0 aromatic heterocycles. The number of methoxy groups -OCH3 is 2. The number of halogens is 1. The van der Waals surface area contributed by atoms with Gasteiger partial charge in [0.15, 0.2) is 18.1 Å². The Morgan fingerprint density at radius 2 is 1.71 bits per heavy atom. The molecule has 1 atom stereocenters. The summed E-state index contributed by atoms with van der Waals surface area (Å²) in [4.78, 5) is 12.3. The van der Waals surface area contributed by atoms with Gasteiger partial charge >= 0.3 is 0 Å². The van der Waals surface area contributed by atoms with E-state index in [2.05, 4.69) is 21.2 Å². The molecular formula is C22H22BrNO4. The van der Waals surface area contributed by atoms with Gasteiger partial charge in [0.25, 0.3) is 5.91 Å². The Morgan fingerprint density at radius 1 is 1.00 bits per heavy atom. The zero-order chi connectivity index (χ0) is 20.1. The van der Waals surface area contributed by atoms with Crippen molar-refractivity contribution < 1.29 is 19.0 Å². The van der Waals surface area contributed by atoms with E-state index >= 15 is 0 Å². The first-order valence-corrected chi connectivity index (χ1v) is 9.64. The summed E-state index contributed by atoms with van der Waals surface area (Å²) in [6.45, 7) is 1.83. The molecule has 1 N–H and O–H groups in total. The van der Waals surface area contributed by atoms with Crippen molar-refractivity contribution in [1.29, 1.82) is 0 Å². The summed E-state index contributed by atoms with van der Waals surface area (Å²) in [5.41, 5.74) is 0.915. The molecule has 0 unspecified atom stereocenters. The lowest BCUT2D eigenvalue weighted by Crippen LogP contribution is -2.31. The van der Waals surface area contributed by atoms with Gasteiger partial charge in [-0.2, -0.15) is 0 Å². The molecular weight excluding hydrogens is 422 g/mol. The van der Waals surface area contributed by atoms with E-state index in [0.717, 1.165) is 20.8 Å². The summed E-state index contributed by atoms with van der Waals surface area (Å²) in [7, 11) is 3.17. The minimum atomic E-state index is -0.206. The lowest BCUT2D eigenvalue weighted by Gasteiger charge is -2.17. The number of carbonyl (C=O) groups is 1. The molecule has 0 bridgehead atoms. The van der Waals surface area contributed by atoms with Crippen LogP contribution in [0.25, 0.3) is 10.8 Å². The van der Waals surface area contributed by atoms with Gasteiger partial charge in [-0.05, 0) is 57.4 Å². The Balaban J connectivity index is 1.64. The second-order valence-electron chi connectivity index (χ2n) is 6.29. The molecule has 0 heterocycles. The molecule has 5 nitrogen and oxygen atoms in total. The number of benzene rings is 3. The monoisotopic (exact) mass is 443 g/mol. The van der Waals surface area contributed by atoms with E-state index in [0.29, 0.717) is 17.2 Å². The minimum Gasteiger partial charge on any atom is -0.493 e. The molecule has 0 radical (unpaired) electrons. The van der Waals surface area contributed by atoms with Gasteiger partial charge in [-0.1, -0.05) is 36.4 Å². The van der Waals surface area contributed by atoms with Crippen molar-refractivity contribution in [2.24, 2.45) is 0 Å². The number of fused-ring (bicyclic) bond motifs is 1. The molecule has 3 aromatic carbocycles. The molecule has 28 heavy (non-hydrogen) atoms. The zero-order valence-electron chi connectivity index (χ0n) is 16.0. The lowest BCUT2D eigenvalue weighted by atomic mass is 10.1. The highest BCUT2D eigenvalue weighted by molar-refractivity contribution is 9.10. The van der Waals surface area contributed by atoms with Gasteiger partial charge in [0.2, 0.25) is 0 Å². The molecule has 0 fully saturated rings. The maximum Gasteiger partial charge on any atom is 0.258 e. The highest BCUT2D eigenvalue weighted by Crippen LogP contribution is 2.33. The van der Waals surface area contributed by atoms with Gasteiger partial charge < -0.3 is 19.5 Å². The quantitative estimate of drug-likeness (QED) is 0.565. The number of hydrogen-bond acceptors (Lipinski definition) is 4. The third-order valence-corrected chi connectivity index (χ3v) is 5.29. The molecule has 0 aliphatic carbocycles. The number of carbonyl (C=O) groups excluding carboxylic acids is 1. The summed E-state index contributed by atoms with van der Waals surface area (Å²) in [5.74, 6) is 1.70. The molecule has 3 rings (SSSR count). The van der Waals surface area contributed by atoms with Crippen LogP contribution in [0.4, 0.5) is 0 Å². The summed E-state index contributed by atoms with van der Waals surface area (Å²) in [5, 5.41) is 5.08. The molecule has 6 heteroatoms. The fourth-order valence-corrected chi connectivity index (χ4v) is 3.56. The van der Waals surface area contributed by atoms with Crippen molar-refractivity contribution >= 4 is 32.6 Å². The van der Waals surface area contributed by atoms with Crippen LogP contribution in [-0.4, -0.2) is 26.7 Å². The molecule has 1 amide bonds. The fraction of sp³-hybridized carbons (Fsp3) is 0.227. The second-order valence-corrected chi connectivity index (χ2v) is 7.08. The van der Waals surface area contributed by atoms with Crippen LogP contribution in [0, 0.1) is 0 Å². The number of rotatable bonds is 7. The summed E-state index contributed by atoms with van der Waals surface area (Å²) in [6.07, 6.45) is 0. The van der Waals surface area contributed by atoms with Gasteiger partial charge in [0, 0.05) is 0 Å². The van der Waals surface area contributed by atoms with Crippen molar-refractivity contribution in [2.75, 3.05) is 20.8 Å². The topological polar surface area (TPSA) is 56.8 Å². The molecule has 0 saturated carbocycles.